The molecule has 1 aliphatic heterocycles. The third-order valence-electron chi connectivity index (χ3n) is 3.38. The molecule has 1 aliphatic rings. The number of amidine groups is 1. The molecule has 1 unspecified atom stereocenters. The van der Waals surface area contributed by atoms with Crippen LogP contribution in [-0.2, 0) is 4.74 Å². The van der Waals surface area contributed by atoms with Crippen molar-refractivity contribution in [2.45, 2.75) is 53.2 Å². The third kappa shape index (κ3) is 4.92. The summed E-state index contributed by atoms with van der Waals surface area (Å²) < 4.78 is 5.43. The number of thiazole rings is 1. The van der Waals surface area contributed by atoms with Gasteiger partial charge in [-0.2, -0.15) is 0 Å². The largest absolute Gasteiger partial charge is 0.444 e. The number of aryl methyl sites for hydroxylation is 2. The molecule has 1 atom stereocenters. The van der Waals surface area contributed by atoms with Gasteiger partial charge in [0.15, 0.2) is 0 Å². The van der Waals surface area contributed by atoms with Crippen molar-refractivity contribution < 1.29 is 9.53 Å². The van der Waals surface area contributed by atoms with Crippen LogP contribution >= 0.6 is 11.3 Å². The van der Waals surface area contributed by atoms with Gasteiger partial charge >= 0.3 is 6.09 Å². The zero-order valence-corrected chi connectivity index (χ0v) is 15.6. The molecule has 0 saturated carbocycles. The van der Waals surface area contributed by atoms with Gasteiger partial charge in [-0.3, -0.25) is 9.89 Å². The second-order valence-electron chi connectivity index (χ2n) is 6.78. The number of amides is 1. The molecular weight excluding hydrogens is 312 g/mol. The van der Waals surface area contributed by atoms with Crippen molar-refractivity contribution in [1.29, 1.82) is 0 Å². The maximum atomic E-state index is 12.2. The SMILES string of the molecule is Cc1nc(C)c(C(C)NC2=NCCN(C(=O)OC(C)(C)C)C2)s1. The van der Waals surface area contributed by atoms with E-state index >= 15 is 0 Å². The molecule has 0 aromatic carbocycles. The third-order valence-corrected chi connectivity index (χ3v) is 4.64. The summed E-state index contributed by atoms with van der Waals surface area (Å²) in [6.07, 6.45) is -0.288. The van der Waals surface area contributed by atoms with Gasteiger partial charge < -0.3 is 10.1 Å². The Morgan fingerprint density at radius 1 is 1.39 bits per heavy atom. The molecule has 23 heavy (non-hydrogen) atoms. The Morgan fingerprint density at radius 3 is 2.65 bits per heavy atom. The van der Waals surface area contributed by atoms with Crippen molar-refractivity contribution in [3.05, 3.63) is 15.6 Å². The van der Waals surface area contributed by atoms with Gasteiger partial charge in [-0.25, -0.2) is 9.78 Å². The highest BCUT2D eigenvalue weighted by molar-refractivity contribution is 7.11. The predicted octanol–water partition coefficient (Wildman–Crippen LogP) is 3.06. The summed E-state index contributed by atoms with van der Waals surface area (Å²) in [4.78, 5) is 24.0. The molecule has 0 fully saturated rings. The highest BCUT2D eigenvalue weighted by atomic mass is 32.1. The smallest absolute Gasteiger partial charge is 0.410 e. The average Bonchev–Trinajstić information content (AvgIpc) is 2.76. The quantitative estimate of drug-likeness (QED) is 0.900. The maximum Gasteiger partial charge on any atom is 0.410 e. The standard InChI is InChI=1S/C16H26N4O2S/c1-10-14(23-12(3)18-10)11(2)19-13-9-20(8-7-17-13)15(21)22-16(4,5)6/h11H,7-9H2,1-6H3,(H,17,19). The highest BCUT2D eigenvalue weighted by Gasteiger charge is 2.26. The van der Waals surface area contributed by atoms with Crippen LogP contribution in [0.3, 0.4) is 0 Å². The van der Waals surface area contributed by atoms with Crippen molar-refractivity contribution in [2.75, 3.05) is 19.6 Å². The second-order valence-corrected chi connectivity index (χ2v) is 8.01. The summed E-state index contributed by atoms with van der Waals surface area (Å²) >= 11 is 1.69. The first-order chi connectivity index (χ1) is 10.7. The van der Waals surface area contributed by atoms with Crippen LogP contribution in [0, 0.1) is 13.8 Å². The zero-order chi connectivity index (χ0) is 17.2. The molecule has 0 saturated heterocycles. The van der Waals surface area contributed by atoms with Gasteiger partial charge in [0.05, 0.1) is 29.8 Å². The minimum atomic E-state index is -0.482. The van der Waals surface area contributed by atoms with Crippen LogP contribution < -0.4 is 5.32 Å². The fourth-order valence-electron chi connectivity index (χ4n) is 2.45. The van der Waals surface area contributed by atoms with Gasteiger partial charge in [0, 0.05) is 11.4 Å². The predicted molar refractivity (Wildman–Crippen MR) is 93.2 cm³/mol. The first-order valence-corrected chi connectivity index (χ1v) is 8.69. The lowest BCUT2D eigenvalue weighted by Gasteiger charge is -2.30. The van der Waals surface area contributed by atoms with Crippen LogP contribution in [0.1, 0.15) is 49.3 Å². The van der Waals surface area contributed by atoms with Crippen LogP contribution in [-0.4, -0.2) is 47.0 Å². The molecule has 0 aliphatic carbocycles. The molecule has 7 heteroatoms. The Labute approximate surface area is 142 Å². The Hall–Kier alpha value is -1.63. The molecule has 1 N–H and O–H groups in total. The van der Waals surface area contributed by atoms with Gasteiger partial charge in [-0.15, -0.1) is 11.3 Å². The molecule has 0 bridgehead atoms. The number of aromatic nitrogens is 1. The lowest BCUT2D eigenvalue weighted by Crippen LogP contribution is -2.47. The number of hydrogen-bond acceptors (Lipinski definition) is 6. The van der Waals surface area contributed by atoms with Gasteiger partial charge in [0.1, 0.15) is 11.4 Å². The van der Waals surface area contributed by atoms with E-state index in [-0.39, 0.29) is 12.1 Å². The topological polar surface area (TPSA) is 66.8 Å². The number of carbonyl (C=O) groups excluding carboxylic acids is 1. The first-order valence-electron chi connectivity index (χ1n) is 7.87. The number of hydrogen-bond donors (Lipinski definition) is 1. The van der Waals surface area contributed by atoms with Crippen LogP contribution in [0.25, 0.3) is 0 Å². The molecule has 1 amide bonds. The van der Waals surface area contributed by atoms with Gasteiger partial charge in [-0.05, 0) is 41.5 Å². The number of carbonyl (C=O) groups is 1. The van der Waals surface area contributed by atoms with E-state index in [4.69, 9.17) is 4.74 Å². The molecule has 2 rings (SSSR count). The minimum absolute atomic E-state index is 0.124. The number of aliphatic imine (C=N–C) groups is 1. The fourth-order valence-corrected chi connectivity index (χ4v) is 3.38. The lowest BCUT2D eigenvalue weighted by atomic mass is 10.2. The second kappa shape index (κ2) is 6.86. The molecule has 128 valence electrons. The van der Waals surface area contributed by atoms with E-state index in [0.29, 0.717) is 19.6 Å². The fraction of sp³-hybridized carbons (Fsp3) is 0.688. The van der Waals surface area contributed by atoms with Crippen molar-refractivity contribution in [1.82, 2.24) is 15.2 Å². The Morgan fingerprint density at radius 2 is 2.09 bits per heavy atom. The minimum Gasteiger partial charge on any atom is -0.444 e. The van der Waals surface area contributed by atoms with E-state index in [9.17, 15) is 4.79 Å². The summed E-state index contributed by atoms with van der Waals surface area (Å²) in [5.41, 5.74) is 0.567. The summed E-state index contributed by atoms with van der Waals surface area (Å²) in [6, 6.07) is 0.124. The van der Waals surface area contributed by atoms with E-state index in [1.807, 2.05) is 34.6 Å². The molecule has 2 heterocycles. The van der Waals surface area contributed by atoms with Gasteiger partial charge in [0.25, 0.3) is 0 Å². The Balaban J connectivity index is 1.97. The molecule has 1 aromatic rings. The van der Waals surface area contributed by atoms with E-state index < -0.39 is 5.60 Å². The zero-order valence-electron chi connectivity index (χ0n) is 14.8. The van der Waals surface area contributed by atoms with Gasteiger partial charge in [-0.1, -0.05) is 0 Å². The van der Waals surface area contributed by atoms with Crippen LogP contribution in [0.5, 0.6) is 0 Å². The average molecular weight is 338 g/mol. The summed E-state index contributed by atoms with van der Waals surface area (Å²) in [5, 5.41) is 4.47. The molecule has 1 aromatic heterocycles. The number of rotatable bonds is 2. The van der Waals surface area contributed by atoms with Crippen molar-refractivity contribution in [3.63, 3.8) is 0 Å². The lowest BCUT2D eigenvalue weighted by molar-refractivity contribution is 0.0276. The normalized spacial score (nSPS) is 16.8. The monoisotopic (exact) mass is 338 g/mol. The van der Waals surface area contributed by atoms with E-state index in [0.717, 1.165) is 16.5 Å². The Bertz CT molecular complexity index is 604. The van der Waals surface area contributed by atoms with Crippen molar-refractivity contribution in [2.24, 2.45) is 4.99 Å². The van der Waals surface area contributed by atoms with E-state index in [1.165, 1.54) is 4.88 Å². The highest BCUT2D eigenvalue weighted by Crippen LogP contribution is 2.24. The van der Waals surface area contributed by atoms with E-state index in [2.05, 4.69) is 22.2 Å². The van der Waals surface area contributed by atoms with Crippen LogP contribution in [0.4, 0.5) is 4.79 Å². The number of nitrogens with zero attached hydrogens (tertiary/aromatic N) is 3. The van der Waals surface area contributed by atoms with Crippen LogP contribution in [0.2, 0.25) is 0 Å². The Kier molecular flexibility index (Phi) is 5.29. The van der Waals surface area contributed by atoms with E-state index in [1.54, 1.807) is 16.2 Å². The van der Waals surface area contributed by atoms with Gasteiger partial charge in [0.2, 0.25) is 0 Å². The summed E-state index contributed by atoms with van der Waals surface area (Å²) in [6.45, 7) is 13.4. The molecule has 0 spiro atoms. The maximum absolute atomic E-state index is 12.2. The summed E-state index contributed by atoms with van der Waals surface area (Å²) in [7, 11) is 0. The molecule has 6 nitrogen and oxygen atoms in total. The first kappa shape index (κ1) is 17.7. The van der Waals surface area contributed by atoms with Crippen LogP contribution in [0.15, 0.2) is 4.99 Å². The molecule has 0 radical (unpaired) electrons. The summed E-state index contributed by atoms with van der Waals surface area (Å²) in [5.74, 6) is 0.820. The molecular formula is C16H26N4O2S. The van der Waals surface area contributed by atoms with Crippen molar-refractivity contribution in [3.8, 4) is 0 Å². The van der Waals surface area contributed by atoms with Crippen molar-refractivity contribution >= 4 is 23.3 Å². The number of nitrogens with one attached hydrogen (secondary N) is 1. The number of ether oxygens (including phenoxy) is 1.